The second-order valence-corrected chi connectivity index (χ2v) is 5.80. The average molecular weight is 383 g/mol. The van der Waals surface area contributed by atoms with E-state index in [0.29, 0.717) is 23.7 Å². The van der Waals surface area contributed by atoms with Gasteiger partial charge in [0.25, 0.3) is 0 Å². The highest BCUT2D eigenvalue weighted by molar-refractivity contribution is 6.27. The van der Waals surface area contributed by atoms with E-state index in [9.17, 15) is 4.79 Å². The molecule has 1 saturated heterocycles. The molecule has 0 bridgehead atoms. The van der Waals surface area contributed by atoms with Gasteiger partial charge in [-0.05, 0) is 19.2 Å². The molecule has 1 aromatic rings. The number of benzene rings is 1. The zero-order chi connectivity index (χ0) is 20.4. The number of methoxy groups -OCH3 is 2. The Labute approximate surface area is 157 Å². The number of hydrogen-bond donors (Lipinski definition) is 3. The molecular weight excluding hydrogens is 358 g/mol. The first-order valence-electron chi connectivity index (χ1n) is 8.15. The highest BCUT2D eigenvalue weighted by atomic mass is 16.5. The summed E-state index contributed by atoms with van der Waals surface area (Å²) in [5, 5.41) is 17.7. The van der Waals surface area contributed by atoms with Crippen LogP contribution in [-0.4, -0.2) is 91.8 Å². The van der Waals surface area contributed by atoms with Crippen molar-refractivity contribution >= 4 is 23.5 Å². The minimum absolute atomic E-state index is 0.0250. The van der Waals surface area contributed by atoms with Gasteiger partial charge in [0.05, 0.1) is 26.5 Å². The number of ether oxygens (including phenoxy) is 2. The number of carboxylic acids is 2. The molecule has 1 aromatic carbocycles. The van der Waals surface area contributed by atoms with Crippen LogP contribution in [0.4, 0.5) is 5.69 Å². The van der Waals surface area contributed by atoms with Crippen molar-refractivity contribution in [3.63, 3.8) is 0 Å². The lowest BCUT2D eigenvalue weighted by molar-refractivity contribution is -0.159. The summed E-state index contributed by atoms with van der Waals surface area (Å²) in [6, 6.07) is 5.35. The molecule has 10 nitrogen and oxygen atoms in total. The van der Waals surface area contributed by atoms with E-state index in [1.807, 2.05) is 0 Å². The molecule has 1 aliphatic heterocycles. The van der Waals surface area contributed by atoms with Crippen LogP contribution in [0.15, 0.2) is 18.2 Å². The van der Waals surface area contributed by atoms with E-state index in [4.69, 9.17) is 29.3 Å². The average Bonchev–Trinajstić information content (AvgIpc) is 2.64. The van der Waals surface area contributed by atoms with Crippen molar-refractivity contribution in [2.75, 3.05) is 59.3 Å². The number of anilines is 1. The number of nitrogens with zero attached hydrogens (tertiary/aromatic N) is 2. The Balaban J connectivity index is 0.000000527. The number of carbonyl (C=O) groups excluding carboxylic acids is 1. The van der Waals surface area contributed by atoms with E-state index >= 15 is 0 Å². The van der Waals surface area contributed by atoms with Gasteiger partial charge in [0.1, 0.15) is 11.5 Å². The summed E-state index contributed by atoms with van der Waals surface area (Å²) in [7, 11) is 5.27. The molecule has 150 valence electrons. The number of carbonyl (C=O) groups is 3. The summed E-state index contributed by atoms with van der Waals surface area (Å²) in [6.07, 6.45) is 0. The number of aliphatic carboxylic acids is 2. The van der Waals surface area contributed by atoms with Crippen molar-refractivity contribution in [1.29, 1.82) is 0 Å². The molecule has 0 aromatic heterocycles. The largest absolute Gasteiger partial charge is 0.497 e. The molecule has 0 unspecified atom stereocenters. The number of rotatable bonds is 5. The molecule has 1 amide bonds. The maximum atomic E-state index is 12.1. The van der Waals surface area contributed by atoms with E-state index in [0.717, 1.165) is 26.2 Å². The first-order chi connectivity index (χ1) is 12.8. The van der Waals surface area contributed by atoms with Crippen LogP contribution >= 0.6 is 0 Å². The van der Waals surface area contributed by atoms with Crippen molar-refractivity contribution in [1.82, 2.24) is 9.80 Å². The fourth-order valence-electron chi connectivity index (χ4n) is 2.30. The van der Waals surface area contributed by atoms with Crippen LogP contribution in [-0.2, 0) is 14.4 Å². The number of piperazine rings is 1. The van der Waals surface area contributed by atoms with Gasteiger partial charge in [-0.1, -0.05) is 0 Å². The molecule has 27 heavy (non-hydrogen) atoms. The summed E-state index contributed by atoms with van der Waals surface area (Å²) in [4.78, 5) is 34.8. The normalized spacial score (nSPS) is 14.5. The lowest BCUT2D eigenvalue weighted by Crippen LogP contribution is -2.47. The van der Waals surface area contributed by atoms with Crippen LogP contribution in [0.25, 0.3) is 0 Å². The molecule has 3 N–H and O–H groups in total. The van der Waals surface area contributed by atoms with Gasteiger partial charge in [0.15, 0.2) is 0 Å². The second-order valence-electron chi connectivity index (χ2n) is 5.80. The van der Waals surface area contributed by atoms with Gasteiger partial charge in [0, 0.05) is 32.2 Å². The van der Waals surface area contributed by atoms with Crippen molar-refractivity contribution in [3.8, 4) is 11.5 Å². The fourth-order valence-corrected chi connectivity index (χ4v) is 2.30. The van der Waals surface area contributed by atoms with Gasteiger partial charge < -0.3 is 29.9 Å². The Morgan fingerprint density at radius 1 is 1.04 bits per heavy atom. The Morgan fingerprint density at radius 2 is 1.63 bits per heavy atom. The third-order valence-corrected chi connectivity index (χ3v) is 3.83. The Morgan fingerprint density at radius 3 is 2.11 bits per heavy atom. The van der Waals surface area contributed by atoms with E-state index < -0.39 is 11.9 Å². The molecule has 0 atom stereocenters. The number of likely N-dealkylation sites (N-methyl/N-ethyl adjacent to an activating group) is 1. The molecule has 1 aliphatic rings. The molecule has 0 aliphatic carbocycles. The lowest BCUT2D eigenvalue weighted by atomic mass is 10.2. The van der Waals surface area contributed by atoms with Crippen LogP contribution in [0.5, 0.6) is 11.5 Å². The third-order valence-electron chi connectivity index (χ3n) is 3.83. The fraction of sp³-hybridized carbons (Fsp3) is 0.471. The summed E-state index contributed by atoms with van der Waals surface area (Å²) in [5.41, 5.74) is 0.664. The van der Waals surface area contributed by atoms with Gasteiger partial charge in [-0.15, -0.1) is 0 Å². The molecule has 1 fully saturated rings. The first kappa shape index (κ1) is 22.2. The Bertz CT molecular complexity index is 646. The predicted molar refractivity (Wildman–Crippen MR) is 97.4 cm³/mol. The van der Waals surface area contributed by atoms with Crippen LogP contribution in [0, 0.1) is 0 Å². The first-order valence-corrected chi connectivity index (χ1v) is 8.15. The van der Waals surface area contributed by atoms with E-state index in [2.05, 4.69) is 22.2 Å². The van der Waals surface area contributed by atoms with Crippen LogP contribution < -0.4 is 14.8 Å². The predicted octanol–water partition coefficient (Wildman–Crippen LogP) is 0.0453. The Hall–Kier alpha value is -2.85. The molecule has 2 rings (SSSR count). The van der Waals surface area contributed by atoms with Crippen molar-refractivity contribution in [2.24, 2.45) is 0 Å². The maximum absolute atomic E-state index is 12.1. The van der Waals surface area contributed by atoms with Gasteiger partial charge >= 0.3 is 11.9 Å². The molecule has 10 heteroatoms. The quantitative estimate of drug-likeness (QED) is 0.604. The number of amides is 1. The smallest absolute Gasteiger partial charge is 0.414 e. The van der Waals surface area contributed by atoms with Gasteiger partial charge in [-0.25, -0.2) is 9.59 Å². The standard InChI is InChI=1S/C15H23N3O3.C2H2O4/c1-17-6-8-18(9-7-17)11-15(19)16-13-5-4-12(20-2)10-14(13)21-3;3-1(4)2(5)6/h4-5,10H,6-9,11H2,1-3H3,(H,16,19);(H,3,4)(H,5,6). The summed E-state index contributed by atoms with van der Waals surface area (Å²) in [6.45, 7) is 4.24. The van der Waals surface area contributed by atoms with E-state index in [1.54, 1.807) is 32.4 Å². The monoisotopic (exact) mass is 383 g/mol. The minimum atomic E-state index is -1.82. The van der Waals surface area contributed by atoms with Crippen LogP contribution in [0.1, 0.15) is 0 Å². The van der Waals surface area contributed by atoms with Crippen molar-refractivity contribution < 1.29 is 34.1 Å². The second kappa shape index (κ2) is 11.0. The van der Waals surface area contributed by atoms with E-state index in [-0.39, 0.29) is 5.91 Å². The number of carboxylic acid groups (broad SMARTS) is 2. The highest BCUT2D eigenvalue weighted by Crippen LogP contribution is 2.28. The van der Waals surface area contributed by atoms with Crippen molar-refractivity contribution in [2.45, 2.75) is 0 Å². The topological polar surface area (TPSA) is 129 Å². The van der Waals surface area contributed by atoms with Gasteiger partial charge in [0.2, 0.25) is 5.91 Å². The zero-order valence-electron chi connectivity index (χ0n) is 15.6. The van der Waals surface area contributed by atoms with Crippen molar-refractivity contribution in [3.05, 3.63) is 18.2 Å². The summed E-state index contributed by atoms with van der Waals surface area (Å²) in [5.74, 6) is -2.38. The van der Waals surface area contributed by atoms with Crippen LogP contribution in [0.2, 0.25) is 0 Å². The minimum Gasteiger partial charge on any atom is -0.497 e. The molecular formula is C17H25N3O7. The highest BCUT2D eigenvalue weighted by Gasteiger charge is 2.17. The zero-order valence-corrected chi connectivity index (χ0v) is 15.6. The molecule has 1 heterocycles. The lowest BCUT2D eigenvalue weighted by Gasteiger charge is -2.31. The molecule has 0 radical (unpaired) electrons. The summed E-state index contributed by atoms with van der Waals surface area (Å²) >= 11 is 0. The van der Waals surface area contributed by atoms with E-state index in [1.165, 1.54) is 0 Å². The number of hydrogen-bond acceptors (Lipinski definition) is 7. The van der Waals surface area contributed by atoms with Gasteiger partial charge in [-0.2, -0.15) is 0 Å². The number of nitrogens with one attached hydrogen (secondary N) is 1. The SMILES string of the molecule is COc1ccc(NC(=O)CN2CCN(C)CC2)c(OC)c1.O=C(O)C(=O)O. The maximum Gasteiger partial charge on any atom is 0.414 e. The molecule has 0 spiro atoms. The van der Waals surface area contributed by atoms with Gasteiger partial charge in [-0.3, -0.25) is 9.69 Å². The van der Waals surface area contributed by atoms with Crippen LogP contribution in [0.3, 0.4) is 0 Å². The third kappa shape index (κ3) is 7.92. The Kier molecular flexibility index (Phi) is 9.03. The molecule has 0 saturated carbocycles. The summed E-state index contributed by atoms with van der Waals surface area (Å²) < 4.78 is 10.4.